The van der Waals surface area contributed by atoms with E-state index in [1.165, 1.54) is 0 Å². The van der Waals surface area contributed by atoms with E-state index < -0.39 is 0 Å². The molecule has 21 heavy (non-hydrogen) atoms. The lowest BCUT2D eigenvalue weighted by Crippen LogP contribution is -2.05. The predicted molar refractivity (Wildman–Crippen MR) is 82.9 cm³/mol. The van der Waals surface area contributed by atoms with E-state index in [4.69, 9.17) is 4.74 Å². The van der Waals surface area contributed by atoms with Crippen molar-refractivity contribution >= 4 is 16.7 Å². The monoisotopic (exact) mass is 277 g/mol. The molecule has 0 saturated heterocycles. The standard InChI is InChI=1S/C18H15NO2/c1-12-7-8-17(21-2)15(9-12)18(20)14-10-13-5-3-4-6-16(13)19-11-14/h3-11H,1-2H3. The van der Waals surface area contributed by atoms with Crippen LogP contribution in [0.1, 0.15) is 21.5 Å². The number of carbonyl (C=O) groups is 1. The number of rotatable bonds is 3. The highest BCUT2D eigenvalue weighted by molar-refractivity contribution is 6.11. The number of hydrogen-bond acceptors (Lipinski definition) is 3. The zero-order valence-electron chi connectivity index (χ0n) is 12.0. The van der Waals surface area contributed by atoms with E-state index in [2.05, 4.69) is 4.98 Å². The van der Waals surface area contributed by atoms with Crippen LogP contribution in [0.15, 0.2) is 54.7 Å². The van der Waals surface area contributed by atoms with Gasteiger partial charge in [-0.05, 0) is 31.2 Å². The molecule has 3 rings (SSSR count). The first kappa shape index (κ1) is 13.3. The Balaban J connectivity index is 2.10. The summed E-state index contributed by atoms with van der Waals surface area (Å²) in [6.07, 6.45) is 1.62. The van der Waals surface area contributed by atoms with Crippen LogP contribution in [0.5, 0.6) is 5.75 Å². The van der Waals surface area contributed by atoms with Crippen molar-refractivity contribution in [3.05, 3.63) is 71.4 Å². The fraction of sp³-hybridized carbons (Fsp3) is 0.111. The molecule has 104 valence electrons. The second-order valence-corrected chi connectivity index (χ2v) is 4.95. The van der Waals surface area contributed by atoms with Crippen LogP contribution in [0.3, 0.4) is 0 Å². The minimum atomic E-state index is -0.0752. The molecule has 2 aromatic carbocycles. The molecule has 0 N–H and O–H groups in total. The summed E-state index contributed by atoms with van der Waals surface area (Å²) in [7, 11) is 1.57. The number of ketones is 1. The number of fused-ring (bicyclic) bond motifs is 1. The van der Waals surface area contributed by atoms with E-state index in [0.29, 0.717) is 16.9 Å². The average Bonchev–Trinajstić information content (AvgIpc) is 2.53. The molecule has 3 heteroatoms. The molecule has 0 atom stereocenters. The Labute approximate surface area is 123 Å². The number of ether oxygens (including phenoxy) is 1. The fourth-order valence-electron chi connectivity index (χ4n) is 2.35. The lowest BCUT2D eigenvalue weighted by molar-refractivity contribution is 0.103. The molecule has 0 aliphatic rings. The first-order chi connectivity index (χ1) is 10.2. The summed E-state index contributed by atoms with van der Waals surface area (Å²) in [6.45, 7) is 1.95. The predicted octanol–water partition coefficient (Wildman–Crippen LogP) is 3.78. The molecular formula is C18H15NO2. The third kappa shape index (κ3) is 2.50. The summed E-state index contributed by atoms with van der Waals surface area (Å²) in [6, 6.07) is 15.2. The molecule has 0 bridgehead atoms. The summed E-state index contributed by atoms with van der Waals surface area (Å²) >= 11 is 0. The molecule has 0 fully saturated rings. The van der Waals surface area contributed by atoms with E-state index >= 15 is 0 Å². The maximum atomic E-state index is 12.7. The van der Waals surface area contributed by atoms with Gasteiger partial charge in [-0.15, -0.1) is 0 Å². The summed E-state index contributed by atoms with van der Waals surface area (Å²) in [5.74, 6) is 0.507. The molecule has 0 radical (unpaired) electrons. The van der Waals surface area contributed by atoms with E-state index in [1.807, 2.05) is 55.5 Å². The van der Waals surface area contributed by atoms with Crippen LogP contribution in [-0.2, 0) is 0 Å². The van der Waals surface area contributed by atoms with Crippen LogP contribution in [0.4, 0.5) is 0 Å². The maximum absolute atomic E-state index is 12.7. The average molecular weight is 277 g/mol. The summed E-state index contributed by atoms with van der Waals surface area (Å²) in [5.41, 5.74) is 3.03. The van der Waals surface area contributed by atoms with Gasteiger partial charge < -0.3 is 4.74 Å². The highest BCUT2D eigenvalue weighted by Crippen LogP contribution is 2.24. The van der Waals surface area contributed by atoms with Gasteiger partial charge in [0.25, 0.3) is 0 Å². The van der Waals surface area contributed by atoms with Crippen LogP contribution in [0.2, 0.25) is 0 Å². The van der Waals surface area contributed by atoms with E-state index in [-0.39, 0.29) is 5.78 Å². The van der Waals surface area contributed by atoms with Gasteiger partial charge in [0.05, 0.1) is 18.2 Å². The SMILES string of the molecule is COc1ccc(C)cc1C(=O)c1cnc2ccccc2c1. The number of aryl methyl sites for hydroxylation is 1. The van der Waals surface area contributed by atoms with Gasteiger partial charge >= 0.3 is 0 Å². The molecule has 0 saturated carbocycles. The quantitative estimate of drug-likeness (QED) is 0.684. The third-order valence-corrected chi connectivity index (χ3v) is 3.45. The Hall–Kier alpha value is -2.68. The number of carbonyl (C=O) groups excluding carboxylic acids is 1. The Bertz CT molecular complexity index is 824. The zero-order chi connectivity index (χ0) is 14.8. The molecule has 0 aliphatic heterocycles. The number of hydrogen-bond donors (Lipinski definition) is 0. The highest BCUT2D eigenvalue weighted by atomic mass is 16.5. The van der Waals surface area contributed by atoms with Gasteiger partial charge in [-0.25, -0.2) is 0 Å². The molecule has 3 nitrogen and oxygen atoms in total. The Kier molecular flexibility index (Phi) is 3.40. The van der Waals surface area contributed by atoms with Crippen molar-refractivity contribution in [1.82, 2.24) is 4.98 Å². The van der Waals surface area contributed by atoms with Crippen molar-refractivity contribution in [2.45, 2.75) is 6.92 Å². The van der Waals surface area contributed by atoms with Crippen molar-refractivity contribution < 1.29 is 9.53 Å². The van der Waals surface area contributed by atoms with Crippen molar-refractivity contribution in [2.24, 2.45) is 0 Å². The number of methoxy groups -OCH3 is 1. The molecule has 0 aliphatic carbocycles. The van der Waals surface area contributed by atoms with Gasteiger partial charge in [0, 0.05) is 17.1 Å². The normalized spacial score (nSPS) is 10.6. The Morgan fingerprint density at radius 3 is 2.71 bits per heavy atom. The van der Waals surface area contributed by atoms with Gasteiger partial charge in [0.1, 0.15) is 5.75 Å². The van der Waals surface area contributed by atoms with Crippen molar-refractivity contribution in [1.29, 1.82) is 0 Å². The van der Waals surface area contributed by atoms with E-state index in [9.17, 15) is 4.79 Å². The van der Waals surface area contributed by atoms with Crippen LogP contribution in [0, 0.1) is 6.92 Å². The molecule has 1 heterocycles. The topological polar surface area (TPSA) is 39.2 Å². The number of nitrogens with zero attached hydrogens (tertiary/aromatic N) is 1. The van der Waals surface area contributed by atoms with Crippen LogP contribution < -0.4 is 4.74 Å². The maximum Gasteiger partial charge on any atom is 0.198 e. The van der Waals surface area contributed by atoms with Crippen LogP contribution in [0.25, 0.3) is 10.9 Å². The second-order valence-electron chi connectivity index (χ2n) is 4.95. The summed E-state index contributed by atoms with van der Waals surface area (Å²) in [5, 5.41) is 0.954. The van der Waals surface area contributed by atoms with Gasteiger partial charge in [0.2, 0.25) is 0 Å². The summed E-state index contributed by atoms with van der Waals surface area (Å²) in [4.78, 5) is 17.0. The third-order valence-electron chi connectivity index (χ3n) is 3.45. The van der Waals surface area contributed by atoms with E-state index in [0.717, 1.165) is 16.5 Å². The minimum absolute atomic E-state index is 0.0752. The van der Waals surface area contributed by atoms with Gasteiger partial charge in [-0.3, -0.25) is 9.78 Å². The Morgan fingerprint density at radius 2 is 1.90 bits per heavy atom. The lowest BCUT2D eigenvalue weighted by Gasteiger charge is -2.09. The highest BCUT2D eigenvalue weighted by Gasteiger charge is 2.15. The van der Waals surface area contributed by atoms with Crippen LogP contribution >= 0.6 is 0 Å². The first-order valence-electron chi connectivity index (χ1n) is 6.73. The fourth-order valence-corrected chi connectivity index (χ4v) is 2.35. The van der Waals surface area contributed by atoms with E-state index in [1.54, 1.807) is 13.3 Å². The van der Waals surface area contributed by atoms with Crippen molar-refractivity contribution in [3.8, 4) is 5.75 Å². The molecule has 1 aromatic heterocycles. The number of aromatic nitrogens is 1. The molecule has 0 unspecified atom stereocenters. The molecule has 0 spiro atoms. The number of pyridine rings is 1. The molecule has 3 aromatic rings. The smallest absolute Gasteiger partial charge is 0.198 e. The van der Waals surface area contributed by atoms with Gasteiger partial charge in [-0.1, -0.05) is 29.8 Å². The van der Waals surface area contributed by atoms with Gasteiger partial charge in [0.15, 0.2) is 5.78 Å². The first-order valence-corrected chi connectivity index (χ1v) is 6.73. The zero-order valence-corrected chi connectivity index (χ0v) is 12.0. The molecular weight excluding hydrogens is 262 g/mol. The van der Waals surface area contributed by atoms with Crippen molar-refractivity contribution in [2.75, 3.05) is 7.11 Å². The van der Waals surface area contributed by atoms with Crippen molar-refractivity contribution in [3.63, 3.8) is 0 Å². The number of benzene rings is 2. The largest absolute Gasteiger partial charge is 0.496 e. The minimum Gasteiger partial charge on any atom is -0.496 e. The summed E-state index contributed by atoms with van der Waals surface area (Å²) < 4.78 is 5.29. The number of para-hydroxylation sites is 1. The lowest BCUT2D eigenvalue weighted by atomic mass is 10.0. The van der Waals surface area contributed by atoms with Crippen LogP contribution in [-0.4, -0.2) is 17.9 Å². The second kappa shape index (κ2) is 5.37. The Morgan fingerprint density at radius 1 is 1.10 bits per heavy atom. The van der Waals surface area contributed by atoms with Gasteiger partial charge in [-0.2, -0.15) is 0 Å². The molecule has 0 amide bonds.